The molecule has 2 aliphatic rings. The molecule has 11 nitrogen and oxygen atoms in total. The van der Waals surface area contributed by atoms with Gasteiger partial charge in [0.1, 0.15) is 11.6 Å². The molecule has 2 fully saturated rings. The van der Waals surface area contributed by atoms with Crippen LogP contribution < -0.4 is 9.64 Å². The number of ketones is 1. The van der Waals surface area contributed by atoms with Crippen LogP contribution in [0.3, 0.4) is 0 Å². The van der Waals surface area contributed by atoms with E-state index in [9.17, 15) is 14.0 Å². The van der Waals surface area contributed by atoms with Gasteiger partial charge >= 0.3 is 11.9 Å². The number of Topliss-reactive ketones (excluding diaryl/α,β-unsaturated/α-hetero) is 1. The normalized spacial score (nSPS) is 15.6. The molecule has 2 N–H and O–H groups in total. The molecule has 3 aromatic rings. The number of carboxylic acids is 2. The number of hydrogen-bond donors (Lipinski definition) is 2. The van der Waals surface area contributed by atoms with Crippen molar-refractivity contribution in [3.05, 3.63) is 95.3 Å². The first kappa shape index (κ1) is 35.2. The first-order valence-electron chi connectivity index (χ1n) is 15.5. The third-order valence-corrected chi connectivity index (χ3v) is 8.24. The Kier molecular flexibility index (Phi) is 13.0. The van der Waals surface area contributed by atoms with Gasteiger partial charge < -0.3 is 29.5 Å². The molecule has 12 heteroatoms. The van der Waals surface area contributed by atoms with Gasteiger partial charge in [-0.2, -0.15) is 0 Å². The Balaban J connectivity index is 0.000000762. The zero-order chi connectivity index (χ0) is 33.8. The second-order valence-corrected chi connectivity index (χ2v) is 11.3. The third-order valence-electron chi connectivity index (χ3n) is 8.24. The van der Waals surface area contributed by atoms with Crippen LogP contribution in [0.2, 0.25) is 0 Å². The molecule has 0 radical (unpaired) electrons. The Morgan fingerprint density at radius 1 is 0.830 bits per heavy atom. The number of piperidine rings is 1. The topological polar surface area (TPSA) is 137 Å². The minimum Gasteiger partial charge on any atom is -0.495 e. The van der Waals surface area contributed by atoms with Crippen LogP contribution in [-0.2, 0) is 20.9 Å². The number of halogens is 1. The molecule has 3 aromatic carbocycles. The van der Waals surface area contributed by atoms with Crippen LogP contribution in [0.5, 0.6) is 5.75 Å². The SMILES string of the molecule is COc1ccccc1N(CCN1CCC(C(=O)c2ccc(F)cc2)CC1)C(=O)c1ccc(CN2CCOCC2)cc1.O=C(O)C(=O)O. The molecule has 0 aromatic heterocycles. The number of nitrogens with zero attached hydrogens (tertiary/aromatic N) is 3. The number of carbonyl (C=O) groups excluding carboxylic acids is 2. The highest BCUT2D eigenvalue weighted by molar-refractivity contribution is 6.27. The molecule has 2 saturated heterocycles. The Hall–Kier alpha value is -4.65. The van der Waals surface area contributed by atoms with Crippen molar-refractivity contribution in [1.82, 2.24) is 9.80 Å². The van der Waals surface area contributed by atoms with Gasteiger partial charge in [-0.25, -0.2) is 14.0 Å². The summed E-state index contributed by atoms with van der Waals surface area (Å²) in [7, 11) is 1.62. The van der Waals surface area contributed by atoms with E-state index in [1.807, 2.05) is 48.5 Å². The van der Waals surface area contributed by atoms with E-state index < -0.39 is 11.9 Å². The number of para-hydroxylation sites is 2. The highest BCUT2D eigenvalue weighted by atomic mass is 19.1. The van der Waals surface area contributed by atoms with Gasteiger partial charge in [0, 0.05) is 49.8 Å². The fourth-order valence-corrected chi connectivity index (χ4v) is 5.62. The Labute approximate surface area is 273 Å². The molecule has 0 bridgehead atoms. The molecular weight excluding hydrogens is 609 g/mol. The highest BCUT2D eigenvalue weighted by Gasteiger charge is 2.27. The van der Waals surface area contributed by atoms with Crippen molar-refractivity contribution in [1.29, 1.82) is 0 Å². The fraction of sp³-hybridized carbons (Fsp3) is 0.371. The van der Waals surface area contributed by atoms with Crippen LogP contribution in [0.1, 0.15) is 39.1 Å². The number of rotatable bonds is 10. The fourth-order valence-electron chi connectivity index (χ4n) is 5.62. The molecule has 47 heavy (non-hydrogen) atoms. The average Bonchev–Trinajstić information content (AvgIpc) is 3.10. The van der Waals surface area contributed by atoms with Gasteiger partial charge in [0.15, 0.2) is 5.78 Å². The number of methoxy groups -OCH3 is 1. The van der Waals surface area contributed by atoms with Crippen molar-refractivity contribution in [2.75, 3.05) is 64.5 Å². The minimum absolute atomic E-state index is 0.0698. The summed E-state index contributed by atoms with van der Waals surface area (Å²) in [6.45, 7) is 6.89. The van der Waals surface area contributed by atoms with Crippen molar-refractivity contribution < 1.29 is 43.3 Å². The second-order valence-electron chi connectivity index (χ2n) is 11.3. The first-order chi connectivity index (χ1) is 22.7. The van der Waals surface area contributed by atoms with Gasteiger partial charge in [0.2, 0.25) is 0 Å². The van der Waals surface area contributed by atoms with Gasteiger partial charge in [-0.05, 0) is 80.0 Å². The standard InChI is InChI=1S/C33H38FN3O4.C2H2O4/c1-40-31-5-3-2-4-30(31)37(33(39)28-8-6-25(7-9-28)24-36-20-22-41-23-21-36)19-18-35-16-14-27(15-17-35)32(38)26-10-12-29(34)13-11-26;3-1(4)2(5)6/h2-13,27H,14-24H2,1H3;(H,3,4)(H,5,6). The lowest BCUT2D eigenvalue weighted by molar-refractivity contribution is -0.159. The molecule has 0 atom stereocenters. The summed E-state index contributed by atoms with van der Waals surface area (Å²) in [6, 6.07) is 21.3. The Morgan fingerprint density at radius 2 is 1.43 bits per heavy atom. The van der Waals surface area contributed by atoms with E-state index in [1.165, 1.54) is 17.7 Å². The largest absolute Gasteiger partial charge is 0.495 e. The van der Waals surface area contributed by atoms with Gasteiger partial charge in [-0.3, -0.25) is 14.5 Å². The van der Waals surface area contributed by atoms with E-state index >= 15 is 0 Å². The number of morpholine rings is 1. The second kappa shape index (κ2) is 17.3. The number of aliphatic carboxylic acids is 2. The van der Waals surface area contributed by atoms with Crippen LogP contribution in [0.4, 0.5) is 10.1 Å². The maximum Gasteiger partial charge on any atom is 0.414 e. The number of anilines is 1. The third kappa shape index (κ3) is 10.2. The van der Waals surface area contributed by atoms with Gasteiger partial charge in [0.25, 0.3) is 5.91 Å². The van der Waals surface area contributed by atoms with E-state index in [2.05, 4.69) is 9.80 Å². The summed E-state index contributed by atoms with van der Waals surface area (Å²) >= 11 is 0. The molecule has 5 rings (SSSR count). The number of carbonyl (C=O) groups is 4. The molecule has 250 valence electrons. The summed E-state index contributed by atoms with van der Waals surface area (Å²) in [6.07, 6.45) is 1.48. The molecule has 0 unspecified atom stereocenters. The zero-order valence-corrected chi connectivity index (χ0v) is 26.3. The highest BCUT2D eigenvalue weighted by Crippen LogP contribution is 2.30. The smallest absolute Gasteiger partial charge is 0.414 e. The van der Waals surface area contributed by atoms with Gasteiger partial charge in [-0.1, -0.05) is 24.3 Å². The monoisotopic (exact) mass is 649 g/mol. The minimum atomic E-state index is -1.82. The molecule has 2 heterocycles. The molecular formula is C35H40FN3O8. The van der Waals surface area contributed by atoms with E-state index in [0.717, 1.165) is 64.5 Å². The Morgan fingerprint density at radius 3 is 2.02 bits per heavy atom. The van der Waals surface area contributed by atoms with Crippen LogP contribution in [0, 0.1) is 11.7 Å². The molecule has 1 amide bonds. The lowest BCUT2D eigenvalue weighted by Crippen LogP contribution is -2.43. The van der Waals surface area contributed by atoms with Gasteiger partial charge in [-0.15, -0.1) is 0 Å². The van der Waals surface area contributed by atoms with E-state index in [1.54, 1.807) is 24.1 Å². The van der Waals surface area contributed by atoms with Crippen molar-refractivity contribution in [2.24, 2.45) is 5.92 Å². The first-order valence-corrected chi connectivity index (χ1v) is 15.5. The number of amides is 1. The molecule has 2 aliphatic heterocycles. The lowest BCUT2D eigenvalue weighted by Gasteiger charge is -2.33. The van der Waals surface area contributed by atoms with Crippen molar-refractivity contribution in [2.45, 2.75) is 19.4 Å². The average molecular weight is 650 g/mol. The van der Waals surface area contributed by atoms with Crippen molar-refractivity contribution in [3.63, 3.8) is 0 Å². The number of hydrogen-bond acceptors (Lipinski definition) is 8. The van der Waals surface area contributed by atoms with Gasteiger partial charge in [0.05, 0.1) is 26.0 Å². The van der Waals surface area contributed by atoms with E-state index in [-0.39, 0.29) is 23.4 Å². The predicted octanol–water partition coefficient (Wildman–Crippen LogP) is 4.06. The number of ether oxygens (including phenoxy) is 2. The summed E-state index contributed by atoms with van der Waals surface area (Å²) in [5.41, 5.74) is 3.10. The van der Waals surface area contributed by atoms with Crippen LogP contribution in [-0.4, -0.2) is 103 Å². The molecule has 0 aliphatic carbocycles. The molecule has 0 saturated carbocycles. The van der Waals surface area contributed by atoms with Crippen LogP contribution in [0.15, 0.2) is 72.8 Å². The summed E-state index contributed by atoms with van der Waals surface area (Å²) < 4.78 is 24.3. The maximum absolute atomic E-state index is 13.9. The number of likely N-dealkylation sites (tertiary alicyclic amines) is 1. The summed E-state index contributed by atoms with van der Waals surface area (Å²) in [5.74, 6) is -3.41. The van der Waals surface area contributed by atoms with Crippen LogP contribution in [0.25, 0.3) is 0 Å². The van der Waals surface area contributed by atoms with E-state index in [0.29, 0.717) is 30.0 Å². The van der Waals surface area contributed by atoms with E-state index in [4.69, 9.17) is 29.3 Å². The van der Waals surface area contributed by atoms with Crippen molar-refractivity contribution in [3.8, 4) is 5.75 Å². The zero-order valence-electron chi connectivity index (χ0n) is 26.3. The number of carboxylic acid groups (broad SMARTS) is 2. The van der Waals surface area contributed by atoms with Crippen molar-refractivity contribution >= 4 is 29.3 Å². The molecule has 0 spiro atoms. The van der Waals surface area contributed by atoms with Crippen LogP contribution >= 0.6 is 0 Å². The quantitative estimate of drug-likeness (QED) is 0.244. The summed E-state index contributed by atoms with van der Waals surface area (Å²) in [4.78, 5) is 51.4. The maximum atomic E-state index is 13.9. The summed E-state index contributed by atoms with van der Waals surface area (Å²) in [5, 5.41) is 14.8. The predicted molar refractivity (Wildman–Crippen MR) is 172 cm³/mol. The Bertz CT molecular complexity index is 1490. The lowest BCUT2D eigenvalue weighted by atomic mass is 9.89. The number of benzene rings is 3.